The molecule has 3 N–H and O–H groups in total. The molecule has 188 valence electrons. The first kappa shape index (κ1) is 26.7. The first-order valence-corrected chi connectivity index (χ1v) is 13.2. The molecule has 5 nitrogen and oxygen atoms in total. The number of nitrogens with one attached hydrogen (secondary N) is 3. The van der Waals surface area contributed by atoms with Crippen LogP contribution in [0.3, 0.4) is 0 Å². The van der Waals surface area contributed by atoms with Crippen molar-refractivity contribution in [2.24, 2.45) is 0 Å². The van der Waals surface area contributed by atoms with Crippen LogP contribution in [-0.4, -0.2) is 35.5 Å². The fourth-order valence-electron chi connectivity index (χ4n) is 4.44. The average Bonchev–Trinajstić information content (AvgIpc) is 3.19. The Morgan fingerprint density at radius 1 is 0.971 bits per heavy atom. The molecule has 1 heterocycles. The Balaban J connectivity index is 1.41. The maximum atomic E-state index is 12.4. The number of H-pyrrole nitrogens is 1. The Bertz CT molecular complexity index is 1070. The van der Waals surface area contributed by atoms with Gasteiger partial charge in [-0.2, -0.15) is 0 Å². The van der Waals surface area contributed by atoms with Crippen molar-refractivity contribution >= 4 is 22.9 Å². The van der Waals surface area contributed by atoms with Crippen molar-refractivity contribution in [1.29, 1.82) is 0 Å². The smallest absolute Gasteiger partial charge is 0.258 e. The Morgan fingerprint density at radius 3 is 2.54 bits per heavy atom. The summed E-state index contributed by atoms with van der Waals surface area (Å²) in [6.45, 7) is 10.1. The van der Waals surface area contributed by atoms with Crippen LogP contribution in [0.2, 0.25) is 0 Å². The van der Waals surface area contributed by atoms with Crippen LogP contribution in [0.25, 0.3) is 17.0 Å². The van der Waals surface area contributed by atoms with Crippen molar-refractivity contribution in [2.75, 3.05) is 19.6 Å². The van der Waals surface area contributed by atoms with Gasteiger partial charge in [0, 0.05) is 42.3 Å². The number of aromatic amines is 1. The van der Waals surface area contributed by atoms with E-state index in [1.807, 2.05) is 6.08 Å². The van der Waals surface area contributed by atoms with Crippen LogP contribution in [0.1, 0.15) is 68.3 Å². The van der Waals surface area contributed by atoms with Crippen molar-refractivity contribution in [3.05, 3.63) is 77.0 Å². The van der Waals surface area contributed by atoms with E-state index in [9.17, 15) is 4.79 Å². The number of amides is 1. The molecule has 0 aliphatic heterocycles. The van der Waals surface area contributed by atoms with Gasteiger partial charge in [-0.05, 0) is 61.6 Å². The summed E-state index contributed by atoms with van der Waals surface area (Å²) < 4.78 is 0. The maximum Gasteiger partial charge on any atom is 0.258 e. The van der Waals surface area contributed by atoms with Crippen molar-refractivity contribution in [2.45, 2.75) is 65.8 Å². The lowest BCUT2D eigenvalue weighted by atomic mass is 10.1. The molecule has 0 radical (unpaired) electrons. The summed E-state index contributed by atoms with van der Waals surface area (Å²) in [6.07, 6.45) is 10.3. The van der Waals surface area contributed by atoms with Gasteiger partial charge in [-0.25, -0.2) is 5.01 Å². The van der Waals surface area contributed by atoms with E-state index in [1.54, 1.807) is 6.08 Å². The Kier molecular flexibility index (Phi) is 11.1. The van der Waals surface area contributed by atoms with E-state index in [0.29, 0.717) is 0 Å². The van der Waals surface area contributed by atoms with Gasteiger partial charge >= 0.3 is 0 Å². The van der Waals surface area contributed by atoms with E-state index in [4.69, 9.17) is 0 Å². The highest BCUT2D eigenvalue weighted by molar-refractivity contribution is 5.91. The molecule has 0 spiro atoms. The highest BCUT2D eigenvalue weighted by atomic mass is 16.2. The fourth-order valence-corrected chi connectivity index (χ4v) is 4.44. The van der Waals surface area contributed by atoms with E-state index in [0.717, 1.165) is 51.0 Å². The Labute approximate surface area is 211 Å². The van der Waals surface area contributed by atoms with E-state index < -0.39 is 0 Å². The number of carbonyl (C=O) groups excluding carboxylic acids is 1. The predicted molar refractivity (Wildman–Crippen MR) is 148 cm³/mol. The van der Waals surface area contributed by atoms with Crippen LogP contribution in [0.4, 0.5) is 0 Å². The number of benzene rings is 2. The largest absolute Gasteiger partial charge is 0.358 e. The quantitative estimate of drug-likeness (QED) is 0.141. The lowest BCUT2D eigenvalue weighted by molar-refractivity contribution is -0.121. The minimum atomic E-state index is -0.0627. The number of nitrogens with zero attached hydrogens (tertiary/aromatic N) is 1. The molecule has 0 unspecified atom stereocenters. The number of rotatable bonds is 15. The maximum absolute atomic E-state index is 12.4. The zero-order valence-corrected chi connectivity index (χ0v) is 21.7. The molecule has 0 atom stereocenters. The van der Waals surface area contributed by atoms with Crippen LogP contribution >= 0.6 is 0 Å². The zero-order chi connectivity index (χ0) is 24.9. The molecule has 0 saturated carbocycles. The summed E-state index contributed by atoms with van der Waals surface area (Å²) in [7, 11) is 0. The van der Waals surface area contributed by atoms with Crippen molar-refractivity contribution in [3.63, 3.8) is 0 Å². The lowest BCUT2D eigenvalue weighted by Crippen LogP contribution is -2.42. The number of hydrazine groups is 1. The highest BCUT2D eigenvalue weighted by Gasteiger charge is 2.08. The van der Waals surface area contributed by atoms with Crippen LogP contribution in [0, 0.1) is 6.92 Å². The number of para-hydroxylation sites is 1. The first-order chi connectivity index (χ1) is 17.1. The van der Waals surface area contributed by atoms with Gasteiger partial charge in [0.2, 0.25) is 0 Å². The van der Waals surface area contributed by atoms with Gasteiger partial charge in [0.1, 0.15) is 0 Å². The normalized spacial score (nSPS) is 11.7. The third-order valence-corrected chi connectivity index (χ3v) is 6.36. The number of hydrogen-bond acceptors (Lipinski definition) is 3. The van der Waals surface area contributed by atoms with E-state index in [1.165, 1.54) is 47.0 Å². The molecule has 1 aromatic heterocycles. The molecular weight excluding hydrogens is 432 g/mol. The topological polar surface area (TPSA) is 60.2 Å². The van der Waals surface area contributed by atoms with E-state index >= 15 is 0 Å². The third kappa shape index (κ3) is 8.68. The summed E-state index contributed by atoms with van der Waals surface area (Å²) >= 11 is 0. The average molecular weight is 475 g/mol. The SMILES string of the molecule is CCCCCCN(CCC)NC(=O)C=Cc1ccc(CNCCc2c(C)[nH]c3ccccc23)cc1. The summed E-state index contributed by atoms with van der Waals surface area (Å²) in [4.78, 5) is 15.9. The van der Waals surface area contributed by atoms with E-state index in [-0.39, 0.29) is 5.91 Å². The fraction of sp³-hybridized carbons (Fsp3) is 0.433. The zero-order valence-electron chi connectivity index (χ0n) is 21.7. The van der Waals surface area contributed by atoms with Gasteiger partial charge in [0.25, 0.3) is 5.91 Å². The van der Waals surface area contributed by atoms with Gasteiger partial charge in [0.15, 0.2) is 0 Å². The van der Waals surface area contributed by atoms with Gasteiger partial charge in [-0.3, -0.25) is 10.2 Å². The molecule has 5 heteroatoms. The minimum absolute atomic E-state index is 0.0627. The first-order valence-electron chi connectivity index (χ1n) is 13.2. The van der Waals surface area contributed by atoms with Crippen LogP contribution < -0.4 is 10.7 Å². The van der Waals surface area contributed by atoms with Crippen LogP contribution in [0.5, 0.6) is 0 Å². The highest BCUT2D eigenvalue weighted by Crippen LogP contribution is 2.22. The molecule has 0 aliphatic rings. The monoisotopic (exact) mass is 474 g/mol. The molecule has 2 aromatic carbocycles. The Hall–Kier alpha value is -2.89. The van der Waals surface area contributed by atoms with Crippen LogP contribution in [-0.2, 0) is 17.8 Å². The summed E-state index contributed by atoms with van der Waals surface area (Å²) in [5, 5.41) is 6.93. The molecular formula is C30H42N4O. The summed E-state index contributed by atoms with van der Waals surface area (Å²) in [5.41, 5.74) is 9.16. The molecule has 0 bridgehead atoms. The predicted octanol–water partition coefficient (Wildman–Crippen LogP) is 6.15. The second-order valence-corrected chi connectivity index (χ2v) is 9.30. The molecule has 35 heavy (non-hydrogen) atoms. The minimum Gasteiger partial charge on any atom is -0.358 e. The van der Waals surface area contributed by atoms with Gasteiger partial charge < -0.3 is 10.3 Å². The molecule has 3 aromatic rings. The second kappa shape index (κ2) is 14.5. The third-order valence-electron chi connectivity index (χ3n) is 6.36. The number of carbonyl (C=O) groups is 1. The van der Waals surface area contributed by atoms with Gasteiger partial charge in [-0.15, -0.1) is 0 Å². The molecule has 0 aliphatic carbocycles. The molecule has 3 rings (SSSR count). The van der Waals surface area contributed by atoms with Gasteiger partial charge in [-0.1, -0.05) is 75.6 Å². The number of aryl methyl sites for hydroxylation is 1. The summed E-state index contributed by atoms with van der Waals surface area (Å²) in [6, 6.07) is 16.9. The number of unbranched alkanes of at least 4 members (excludes halogenated alkanes) is 3. The second-order valence-electron chi connectivity index (χ2n) is 9.30. The number of aromatic nitrogens is 1. The van der Waals surface area contributed by atoms with Crippen molar-refractivity contribution in [1.82, 2.24) is 20.7 Å². The molecule has 1 amide bonds. The Morgan fingerprint density at radius 2 is 1.77 bits per heavy atom. The van der Waals surface area contributed by atoms with Crippen molar-refractivity contribution < 1.29 is 4.79 Å². The standard InChI is InChI=1S/C30H42N4O/c1-4-6-7-10-22-34(21-5-2)33-30(35)18-17-25-13-15-26(16-14-25)23-31-20-19-27-24(3)32-29-12-9-8-11-28(27)29/h8-9,11-18,31-32H,4-7,10,19-23H2,1-3H3,(H,33,35). The lowest BCUT2D eigenvalue weighted by Gasteiger charge is -2.21. The van der Waals surface area contributed by atoms with Gasteiger partial charge in [0.05, 0.1) is 0 Å². The van der Waals surface area contributed by atoms with Crippen molar-refractivity contribution in [3.8, 4) is 0 Å². The molecule has 0 fully saturated rings. The number of hydrogen-bond donors (Lipinski definition) is 3. The summed E-state index contributed by atoms with van der Waals surface area (Å²) in [5.74, 6) is -0.0627. The van der Waals surface area contributed by atoms with Crippen LogP contribution in [0.15, 0.2) is 54.6 Å². The molecule has 0 saturated heterocycles. The van der Waals surface area contributed by atoms with E-state index in [2.05, 4.69) is 90.0 Å². The number of fused-ring (bicyclic) bond motifs is 1.